The minimum Gasteiger partial charge on any atom is -0.453 e. The van der Waals surface area contributed by atoms with Gasteiger partial charge in [-0.3, -0.25) is 5.32 Å². The first-order chi connectivity index (χ1) is 6.17. The summed E-state index contributed by atoms with van der Waals surface area (Å²) in [6.45, 7) is 2.46. The minimum absolute atomic E-state index is 0.454. The zero-order valence-electron chi connectivity index (χ0n) is 7.59. The van der Waals surface area contributed by atoms with Crippen molar-refractivity contribution in [3.63, 3.8) is 0 Å². The molecular weight excluding hydrogens is 188 g/mol. The SMILES string of the molecule is COC(=O)Nc1cc(C)c(CN)s1. The van der Waals surface area contributed by atoms with E-state index in [4.69, 9.17) is 5.73 Å². The van der Waals surface area contributed by atoms with Crippen LogP contribution in [0.4, 0.5) is 9.80 Å². The van der Waals surface area contributed by atoms with Gasteiger partial charge in [-0.15, -0.1) is 11.3 Å². The van der Waals surface area contributed by atoms with Crippen LogP contribution >= 0.6 is 11.3 Å². The van der Waals surface area contributed by atoms with E-state index in [1.165, 1.54) is 18.4 Å². The Morgan fingerprint density at radius 3 is 2.92 bits per heavy atom. The van der Waals surface area contributed by atoms with Crippen molar-refractivity contribution in [1.29, 1.82) is 0 Å². The van der Waals surface area contributed by atoms with E-state index in [1.807, 2.05) is 13.0 Å². The number of amides is 1. The van der Waals surface area contributed by atoms with E-state index in [0.29, 0.717) is 6.54 Å². The highest BCUT2D eigenvalue weighted by molar-refractivity contribution is 7.16. The summed E-state index contributed by atoms with van der Waals surface area (Å²) in [4.78, 5) is 11.9. The molecule has 1 rings (SSSR count). The van der Waals surface area contributed by atoms with Crippen LogP contribution in [-0.2, 0) is 11.3 Å². The molecule has 5 heteroatoms. The maximum absolute atomic E-state index is 10.8. The lowest BCUT2D eigenvalue weighted by Gasteiger charge is -1.97. The number of nitrogens with two attached hydrogens (primary N) is 1. The van der Waals surface area contributed by atoms with Gasteiger partial charge in [0.2, 0.25) is 0 Å². The fourth-order valence-corrected chi connectivity index (χ4v) is 1.87. The Balaban J connectivity index is 2.73. The van der Waals surface area contributed by atoms with Crippen LogP contribution in [0, 0.1) is 6.92 Å². The van der Waals surface area contributed by atoms with E-state index in [-0.39, 0.29) is 0 Å². The van der Waals surface area contributed by atoms with Gasteiger partial charge in [0.25, 0.3) is 0 Å². The molecule has 0 unspecified atom stereocenters. The first-order valence-electron chi connectivity index (χ1n) is 3.81. The summed E-state index contributed by atoms with van der Waals surface area (Å²) in [5.74, 6) is 0. The molecule has 0 aliphatic heterocycles. The molecule has 1 heterocycles. The lowest BCUT2D eigenvalue weighted by atomic mass is 10.3. The molecule has 0 aliphatic rings. The van der Waals surface area contributed by atoms with Crippen LogP contribution in [0.2, 0.25) is 0 Å². The highest BCUT2D eigenvalue weighted by atomic mass is 32.1. The zero-order chi connectivity index (χ0) is 9.84. The third kappa shape index (κ3) is 2.43. The Morgan fingerprint density at radius 2 is 2.46 bits per heavy atom. The van der Waals surface area contributed by atoms with E-state index in [1.54, 1.807) is 0 Å². The van der Waals surface area contributed by atoms with Crippen molar-refractivity contribution in [1.82, 2.24) is 0 Å². The van der Waals surface area contributed by atoms with Gasteiger partial charge in [-0.2, -0.15) is 0 Å². The molecular formula is C8H12N2O2S. The summed E-state index contributed by atoms with van der Waals surface area (Å²) in [6.07, 6.45) is -0.454. The molecule has 3 N–H and O–H groups in total. The molecule has 0 spiro atoms. The number of anilines is 1. The van der Waals surface area contributed by atoms with Crippen molar-refractivity contribution < 1.29 is 9.53 Å². The average Bonchev–Trinajstić information content (AvgIpc) is 2.46. The van der Waals surface area contributed by atoms with Gasteiger partial charge in [-0.1, -0.05) is 0 Å². The van der Waals surface area contributed by atoms with E-state index in [2.05, 4.69) is 10.1 Å². The quantitative estimate of drug-likeness (QED) is 0.763. The summed E-state index contributed by atoms with van der Waals surface area (Å²) in [7, 11) is 1.33. The van der Waals surface area contributed by atoms with E-state index < -0.39 is 6.09 Å². The number of carbonyl (C=O) groups is 1. The lowest BCUT2D eigenvalue weighted by Crippen LogP contribution is -2.09. The second-order valence-electron chi connectivity index (χ2n) is 2.54. The van der Waals surface area contributed by atoms with Crippen LogP contribution < -0.4 is 11.1 Å². The molecule has 13 heavy (non-hydrogen) atoms. The van der Waals surface area contributed by atoms with Crippen LogP contribution in [0.3, 0.4) is 0 Å². The largest absolute Gasteiger partial charge is 0.453 e. The molecule has 0 radical (unpaired) electrons. The summed E-state index contributed by atoms with van der Waals surface area (Å²) < 4.78 is 4.46. The van der Waals surface area contributed by atoms with Crippen LogP contribution in [0.1, 0.15) is 10.4 Å². The standard InChI is InChI=1S/C8H12N2O2S/c1-5-3-7(10-8(11)12-2)13-6(5)4-9/h3H,4,9H2,1-2H3,(H,10,11). The number of hydrogen-bond donors (Lipinski definition) is 2. The van der Waals surface area contributed by atoms with Gasteiger partial charge in [0.15, 0.2) is 0 Å². The van der Waals surface area contributed by atoms with Gasteiger partial charge in [-0.05, 0) is 18.6 Å². The maximum atomic E-state index is 10.8. The Kier molecular flexibility index (Phi) is 3.27. The number of thiophene rings is 1. The van der Waals surface area contributed by atoms with Crippen LogP contribution in [0.15, 0.2) is 6.07 Å². The fourth-order valence-electron chi connectivity index (χ4n) is 0.936. The van der Waals surface area contributed by atoms with E-state index >= 15 is 0 Å². The minimum atomic E-state index is -0.454. The number of methoxy groups -OCH3 is 1. The van der Waals surface area contributed by atoms with Crippen molar-refractivity contribution in [2.75, 3.05) is 12.4 Å². The fraction of sp³-hybridized carbons (Fsp3) is 0.375. The highest BCUT2D eigenvalue weighted by Crippen LogP contribution is 2.25. The van der Waals surface area contributed by atoms with Gasteiger partial charge < -0.3 is 10.5 Å². The Bertz CT molecular complexity index is 309. The molecule has 0 atom stereocenters. The summed E-state index contributed by atoms with van der Waals surface area (Å²) in [5, 5.41) is 3.36. The van der Waals surface area contributed by atoms with Crippen molar-refractivity contribution >= 4 is 22.4 Å². The maximum Gasteiger partial charge on any atom is 0.411 e. The Labute approximate surface area is 80.7 Å². The lowest BCUT2D eigenvalue weighted by molar-refractivity contribution is 0.187. The molecule has 0 saturated heterocycles. The molecule has 1 amide bonds. The van der Waals surface area contributed by atoms with Crippen molar-refractivity contribution in [3.05, 3.63) is 16.5 Å². The Morgan fingerprint density at radius 1 is 1.77 bits per heavy atom. The topological polar surface area (TPSA) is 64.3 Å². The summed E-state index contributed by atoms with van der Waals surface area (Å²) in [6, 6.07) is 1.88. The molecule has 0 fully saturated rings. The number of hydrogen-bond acceptors (Lipinski definition) is 4. The highest BCUT2D eigenvalue weighted by Gasteiger charge is 2.06. The molecule has 1 aromatic heterocycles. The van der Waals surface area contributed by atoms with Gasteiger partial charge in [0, 0.05) is 11.4 Å². The van der Waals surface area contributed by atoms with E-state index in [9.17, 15) is 4.79 Å². The molecule has 4 nitrogen and oxygen atoms in total. The van der Waals surface area contributed by atoms with Gasteiger partial charge in [0.1, 0.15) is 0 Å². The number of carbonyl (C=O) groups excluding carboxylic acids is 1. The summed E-state index contributed by atoms with van der Waals surface area (Å²) in [5.41, 5.74) is 6.59. The third-order valence-corrected chi connectivity index (χ3v) is 2.79. The molecule has 0 saturated carbocycles. The second kappa shape index (κ2) is 4.25. The molecule has 0 aromatic carbocycles. The van der Waals surface area contributed by atoms with Gasteiger partial charge >= 0.3 is 6.09 Å². The van der Waals surface area contributed by atoms with Crippen LogP contribution in [-0.4, -0.2) is 13.2 Å². The zero-order valence-corrected chi connectivity index (χ0v) is 8.40. The molecule has 0 bridgehead atoms. The molecule has 1 aromatic rings. The van der Waals surface area contributed by atoms with Crippen molar-refractivity contribution in [3.8, 4) is 0 Å². The second-order valence-corrected chi connectivity index (χ2v) is 3.67. The third-order valence-electron chi connectivity index (χ3n) is 1.62. The number of ether oxygens (including phenoxy) is 1. The van der Waals surface area contributed by atoms with Gasteiger partial charge in [-0.25, -0.2) is 4.79 Å². The molecule has 72 valence electrons. The first kappa shape index (κ1) is 10.0. The van der Waals surface area contributed by atoms with Crippen molar-refractivity contribution in [2.24, 2.45) is 5.73 Å². The Hall–Kier alpha value is -1.07. The summed E-state index contributed by atoms with van der Waals surface area (Å²) >= 11 is 1.47. The number of rotatable bonds is 2. The van der Waals surface area contributed by atoms with E-state index in [0.717, 1.165) is 15.4 Å². The molecule has 0 aliphatic carbocycles. The van der Waals surface area contributed by atoms with Crippen LogP contribution in [0.25, 0.3) is 0 Å². The number of aryl methyl sites for hydroxylation is 1. The van der Waals surface area contributed by atoms with Crippen molar-refractivity contribution in [2.45, 2.75) is 13.5 Å². The first-order valence-corrected chi connectivity index (χ1v) is 4.63. The van der Waals surface area contributed by atoms with Gasteiger partial charge in [0.05, 0.1) is 12.1 Å². The normalized spacial score (nSPS) is 9.77. The monoisotopic (exact) mass is 200 g/mol. The van der Waals surface area contributed by atoms with Crippen LogP contribution in [0.5, 0.6) is 0 Å². The smallest absolute Gasteiger partial charge is 0.411 e. The predicted molar refractivity (Wildman–Crippen MR) is 53.0 cm³/mol. The average molecular weight is 200 g/mol. The predicted octanol–water partition coefficient (Wildman–Crippen LogP) is 1.69. The number of nitrogens with one attached hydrogen (secondary N) is 1.